The molecule has 0 fully saturated rings. The molecule has 29 heavy (non-hydrogen) atoms. The van der Waals surface area contributed by atoms with Crippen molar-refractivity contribution in [1.82, 2.24) is 0 Å². The van der Waals surface area contributed by atoms with Crippen LogP contribution in [0.1, 0.15) is 36.5 Å². The summed E-state index contributed by atoms with van der Waals surface area (Å²) in [7, 11) is 0. The number of hydrogen-bond donors (Lipinski definition) is 3. The predicted molar refractivity (Wildman–Crippen MR) is 118 cm³/mol. The molecule has 0 aliphatic carbocycles. The number of aromatic hydroxyl groups is 1. The Morgan fingerprint density at radius 3 is 2.55 bits per heavy atom. The molecule has 0 aromatic heterocycles. The summed E-state index contributed by atoms with van der Waals surface area (Å²) in [6.45, 7) is 1.95. The summed E-state index contributed by atoms with van der Waals surface area (Å²) >= 11 is 6.67. The third-order valence-corrected chi connectivity index (χ3v) is 5.11. The van der Waals surface area contributed by atoms with Crippen molar-refractivity contribution in [2.75, 3.05) is 5.32 Å². The van der Waals surface area contributed by atoms with Crippen LogP contribution in [0.15, 0.2) is 57.5 Å². The van der Waals surface area contributed by atoms with E-state index in [1.165, 1.54) is 0 Å². The van der Waals surface area contributed by atoms with Crippen LogP contribution in [0.25, 0.3) is 0 Å². The van der Waals surface area contributed by atoms with Crippen molar-refractivity contribution in [3.63, 3.8) is 0 Å². The minimum atomic E-state index is -1.01. The first-order chi connectivity index (χ1) is 13.8. The first-order valence-corrected chi connectivity index (χ1v) is 10.5. The van der Waals surface area contributed by atoms with Crippen molar-refractivity contribution in [3.05, 3.63) is 68.6 Å². The van der Waals surface area contributed by atoms with Gasteiger partial charge < -0.3 is 14.9 Å². The van der Waals surface area contributed by atoms with E-state index in [1.807, 2.05) is 19.1 Å². The van der Waals surface area contributed by atoms with Crippen LogP contribution in [-0.4, -0.2) is 22.3 Å². The smallest absolute Gasteiger partial charge is 0.412 e. The maximum atomic E-state index is 12.4. The summed E-state index contributed by atoms with van der Waals surface area (Å²) in [5.74, 6) is -1.02. The number of nitrogens with one attached hydrogen (secondary N) is 1. The van der Waals surface area contributed by atoms with Gasteiger partial charge in [0.05, 0.1) is 4.47 Å². The number of halogens is 2. The second-order valence-corrected chi connectivity index (χ2v) is 8.15. The molecule has 0 aliphatic heterocycles. The van der Waals surface area contributed by atoms with Crippen molar-refractivity contribution < 1.29 is 24.5 Å². The number of rotatable bonds is 8. The Morgan fingerprint density at radius 1 is 1.21 bits per heavy atom. The minimum absolute atomic E-state index is 0.0117. The van der Waals surface area contributed by atoms with E-state index in [0.717, 1.165) is 16.1 Å². The van der Waals surface area contributed by atoms with Gasteiger partial charge in [-0.3, -0.25) is 5.32 Å². The van der Waals surface area contributed by atoms with E-state index < -0.39 is 18.2 Å². The first kappa shape index (κ1) is 23.0. The van der Waals surface area contributed by atoms with Gasteiger partial charge in [-0.2, -0.15) is 0 Å². The highest BCUT2D eigenvalue weighted by Gasteiger charge is 2.22. The molecule has 0 radical (unpaired) electrons. The van der Waals surface area contributed by atoms with E-state index >= 15 is 0 Å². The molecule has 0 bridgehead atoms. The van der Waals surface area contributed by atoms with Crippen LogP contribution >= 0.6 is 31.9 Å². The van der Waals surface area contributed by atoms with E-state index in [-0.39, 0.29) is 5.75 Å². The molecule has 2 aromatic rings. The summed E-state index contributed by atoms with van der Waals surface area (Å²) in [6, 6.07) is 10.7. The summed E-state index contributed by atoms with van der Waals surface area (Å²) in [6.07, 6.45) is 2.73. The average molecular weight is 527 g/mol. The van der Waals surface area contributed by atoms with Crippen molar-refractivity contribution >= 4 is 49.6 Å². The molecular weight excluding hydrogens is 506 g/mol. The number of anilines is 1. The fourth-order valence-electron chi connectivity index (χ4n) is 2.63. The number of aryl methyl sites for hydroxylation is 1. The predicted octanol–water partition coefficient (Wildman–Crippen LogP) is 6.33. The van der Waals surface area contributed by atoms with E-state index in [4.69, 9.17) is 9.84 Å². The summed E-state index contributed by atoms with van der Waals surface area (Å²) in [4.78, 5) is 23.0. The number of carbonyl (C=O) groups excluding carboxylic acids is 1. The molecule has 154 valence electrons. The zero-order valence-electron chi connectivity index (χ0n) is 15.7. The number of unbranched alkanes of at least 4 members (excludes halogenated alkanes) is 1. The topological polar surface area (TPSA) is 95.9 Å². The van der Waals surface area contributed by atoms with Gasteiger partial charge in [0.1, 0.15) is 11.9 Å². The van der Waals surface area contributed by atoms with Crippen LogP contribution in [0.3, 0.4) is 0 Å². The lowest BCUT2D eigenvalue weighted by Crippen LogP contribution is -2.18. The molecule has 0 saturated heterocycles. The summed E-state index contributed by atoms with van der Waals surface area (Å²) < 4.78 is 6.79. The van der Waals surface area contributed by atoms with Crippen molar-refractivity contribution in [3.8, 4) is 5.75 Å². The van der Waals surface area contributed by atoms with Gasteiger partial charge in [0.15, 0.2) is 0 Å². The Labute approximate surface area is 185 Å². The third-order valence-electron chi connectivity index (χ3n) is 4.05. The molecule has 0 unspecified atom stereocenters. The van der Waals surface area contributed by atoms with Gasteiger partial charge in [0, 0.05) is 21.8 Å². The maximum absolute atomic E-state index is 12.4. The Hall–Kier alpha value is -2.32. The highest BCUT2D eigenvalue weighted by atomic mass is 79.9. The van der Waals surface area contributed by atoms with Crippen molar-refractivity contribution in [2.45, 2.75) is 32.3 Å². The van der Waals surface area contributed by atoms with Crippen LogP contribution < -0.4 is 5.32 Å². The molecular formula is C21H21Br2NO5. The Balaban J connectivity index is 2.14. The number of phenolic OH excluding ortho intramolecular Hbond substituents is 1. The zero-order valence-corrected chi connectivity index (χ0v) is 18.9. The Kier molecular flexibility index (Phi) is 8.72. The summed E-state index contributed by atoms with van der Waals surface area (Å²) in [5, 5.41) is 21.8. The van der Waals surface area contributed by atoms with Crippen molar-refractivity contribution in [1.29, 1.82) is 0 Å². The van der Waals surface area contributed by atoms with Crippen molar-refractivity contribution in [2.24, 2.45) is 0 Å². The molecule has 0 spiro atoms. The van der Waals surface area contributed by atoms with Gasteiger partial charge in [0.2, 0.25) is 0 Å². The average Bonchev–Trinajstić information content (AvgIpc) is 2.65. The highest BCUT2D eigenvalue weighted by molar-refractivity contribution is 9.11. The molecule has 0 heterocycles. The van der Waals surface area contributed by atoms with Gasteiger partial charge in [-0.1, -0.05) is 39.7 Å². The van der Waals surface area contributed by atoms with Crippen LogP contribution in [-0.2, 0) is 9.53 Å². The molecule has 0 aliphatic rings. The second-order valence-electron chi connectivity index (χ2n) is 6.38. The van der Waals surface area contributed by atoms with E-state index in [2.05, 4.69) is 37.2 Å². The van der Waals surface area contributed by atoms with Gasteiger partial charge in [0.25, 0.3) is 0 Å². The molecule has 2 rings (SSSR count). The number of phenols is 1. The number of amides is 1. The van der Waals surface area contributed by atoms with Crippen LogP contribution in [0.5, 0.6) is 5.75 Å². The number of benzene rings is 2. The third kappa shape index (κ3) is 7.55. The highest BCUT2D eigenvalue weighted by Crippen LogP contribution is 2.38. The Morgan fingerprint density at radius 2 is 1.90 bits per heavy atom. The van der Waals surface area contributed by atoms with Crippen LogP contribution in [0.2, 0.25) is 0 Å². The number of carboxylic acid groups (broad SMARTS) is 1. The second kappa shape index (κ2) is 11.0. The fourth-order valence-corrected chi connectivity index (χ4v) is 3.89. The lowest BCUT2D eigenvalue weighted by atomic mass is 10.0. The van der Waals surface area contributed by atoms with E-state index in [0.29, 0.717) is 35.0 Å². The molecule has 0 saturated carbocycles. The Bertz CT molecular complexity index is 897. The molecule has 1 atom stereocenters. The van der Waals surface area contributed by atoms with Crippen LogP contribution in [0.4, 0.5) is 10.5 Å². The molecule has 1 amide bonds. The first-order valence-electron chi connectivity index (χ1n) is 8.88. The molecule has 2 aromatic carbocycles. The van der Waals surface area contributed by atoms with Gasteiger partial charge in [-0.15, -0.1) is 0 Å². The minimum Gasteiger partial charge on any atom is -0.506 e. The number of allylic oxidation sites excluding steroid dienone is 1. The molecule has 6 nitrogen and oxygen atoms in total. The molecule has 8 heteroatoms. The SMILES string of the molecule is Cc1ccc(NC(=O)O[C@@H](CCC/C=C/C(=O)O)c2cc(Br)cc(Br)c2O)cc1. The van der Waals surface area contributed by atoms with Gasteiger partial charge >= 0.3 is 12.1 Å². The largest absolute Gasteiger partial charge is 0.506 e. The maximum Gasteiger partial charge on any atom is 0.412 e. The van der Waals surface area contributed by atoms with E-state index in [1.54, 1.807) is 30.3 Å². The number of carboxylic acids is 1. The number of ether oxygens (including phenoxy) is 1. The lowest BCUT2D eigenvalue weighted by molar-refractivity contribution is -0.131. The molecule has 3 N–H and O–H groups in total. The number of hydrogen-bond acceptors (Lipinski definition) is 4. The zero-order chi connectivity index (χ0) is 21.4. The number of aliphatic carboxylic acids is 1. The standard InChI is InChI=1S/C21H21Br2NO5/c1-13-7-9-15(10-8-13)24-21(28)29-18(5-3-2-4-6-19(25)26)16-11-14(22)12-17(23)20(16)27/h4,6-12,18,27H,2-3,5H2,1H3,(H,24,28)(H,25,26)/b6-4+/t18-/m0/s1. The van der Waals surface area contributed by atoms with Crippen LogP contribution in [0, 0.1) is 6.92 Å². The quantitative estimate of drug-likeness (QED) is 0.276. The summed E-state index contributed by atoms with van der Waals surface area (Å²) in [5.41, 5.74) is 2.12. The fraction of sp³-hybridized carbons (Fsp3) is 0.238. The lowest BCUT2D eigenvalue weighted by Gasteiger charge is -2.20. The number of carbonyl (C=O) groups is 2. The normalized spacial score (nSPS) is 12.0. The van der Waals surface area contributed by atoms with E-state index in [9.17, 15) is 14.7 Å². The van der Waals surface area contributed by atoms with Gasteiger partial charge in [-0.05, 0) is 66.4 Å². The van der Waals surface area contributed by atoms with Gasteiger partial charge in [-0.25, -0.2) is 9.59 Å². The monoisotopic (exact) mass is 525 g/mol.